The van der Waals surface area contributed by atoms with E-state index < -0.39 is 5.92 Å². The number of benzene rings is 3. The summed E-state index contributed by atoms with van der Waals surface area (Å²) in [5.74, 6) is -0.586. The summed E-state index contributed by atoms with van der Waals surface area (Å²) in [6.45, 7) is 1.85. The zero-order valence-corrected chi connectivity index (χ0v) is 14.6. The summed E-state index contributed by atoms with van der Waals surface area (Å²) in [5.41, 5.74) is 12.6. The monoisotopic (exact) mass is 343 g/mol. The van der Waals surface area contributed by atoms with Gasteiger partial charge in [0, 0.05) is 5.69 Å². The van der Waals surface area contributed by atoms with Gasteiger partial charge in [0.05, 0.1) is 11.6 Å². The molecule has 0 atom stereocenters. The fourth-order valence-corrected chi connectivity index (χ4v) is 2.78. The number of nitrogen functional groups attached to an aromatic ring is 1. The van der Waals surface area contributed by atoms with Gasteiger partial charge in [0.15, 0.2) is 0 Å². The van der Waals surface area contributed by atoms with E-state index in [9.17, 15) is 4.79 Å². The molecule has 0 radical (unpaired) electrons. The average molecular weight is 343 g/mol. The van der Waals surface area contributed by atoms with Crippen molar-refractivity contribution in [3.8, 4) is 0 Å². The molecular formula is C22H21N3O. The van der Waals surface area contributed by atoms with Gasteiger partial charge in [0.25, 0.3) is 5.91 Å². The molecule has 0 aliphatic rings. The van der Waals surface area contributed by atoms with Crippen LogP contribution in [-0.2, 0) is 4.79 Å². The van der Waals surface area contributed by atoms with Crippen LogP contribution in [0.4, 0.5) is 5.69 Å². The number of carbonyl (C=O) groups is 1. The molecule has 0 unspecified atom stereocenters. The highest BCUT2D eigenvalue weighted by molar-refractivity contribution is 6.00. The van der Waals surface area contributed by atoms with Gasteiger partial charge < -0.3 is 5.73 Å². The Morgan fingerprint density at radius 1 is 0.846 bits per heavy atom. The maximum absolute atomic E-state index is 12.9. The van der Waals surface area contributed by atoms with Gasteiger partial charge in [-0.2, -0.15) is 5.10 Å². The summed E-state index contributed by atoms with van der Waals surface area (Å²) >= 11 is 0. The number of nitrogens with zero attached hydrogens (tertiary/aromatic N) is 1. The molecule has 3 aromatic rings. The van der Waals surface area contributed by atoms with Crippen LogP contribution in [0.1, 0.15) is 29.5 Å². The lowest BCUT2D eigenvalue weighted by molar-refractivity contribution is -0.121. The first-order valence-corrected chi connectivity index (χ1v) is 8.45. The topological polar surface area (TPSA) is 67.5 Å². The van der Waals surface area contributed by atoms with E-state index in [0.29, 0.717) is 5.69 Å². The summed E-state index contributed by atoms with van der Waals surface area (Å²) < 4.78 is 0. The van der Waals surface area contributed by atoms with Crippen molar-refractivity contribution >= 4 is 17.3 Å². The van der Waals surface area contributed by atoms with Gasteiger partial charge >= 0.3 is 0 Å². The summed E-state index contributed by atoms with van der Waals surface area (Å²) in [5, 5.41) is 4.27. The summed E-state index contributed by atoms with van der Waals surface area (Å²) in [4.78, 5) is 12.9. The van der Waals surface area contributed by atoms with E-state index in [4.69, 9.17) is 5.73 Å². The SMILES string of the molecule is C/C(=N\NC(=O)C(c1ccccc1)c1ccccc1)c1ccc(N)cc1. The van der Waals surface area contributed by atoms with Gasteiger partial charge in [-0.25, -0.2) is 5.43 Å². The van der Waals surface area contributed by atoms with Crippen molar-refractivity contribution in [1.82, 2.24) is 5.43 Å². The van der Waals surface area contributed by atoms with Crippen molar-refractivity contribution in [2.24, 2.45) is 5.10 Å². The molecule has 26 heavy (non-hydrogen) atoms. The second kappa shape index (κ2) is 8.12. The largest absolute Gasteiger partial charge is 0.399 e. The van der Waals surface area contributed by atoms with Crippen molar-refractivity contribution in [1.29, 1.82) is 0 Å². The lowest BCUT2D eigenvalue weighted by atomic mass is 9.91. The molecule has 3 aromatic carbocycles. The second-order valence-corrected chi connectivity index (χ2v) is 6.05. The minimum absolute atomic E-state index is 0.169. The van der Waals surface area contributed by atoms with Gasteiger partial charge in [-0.3, -0.25) is 4.79 Å². The number of hydrazone groups is 1. The molecule has 4 heteroatoms. The number of rotatable bonds is 5. The fourth-order valence-electron chi connectivity index (χ4n) is 2.78. The van der Waals surface area contributed by atoms with E-state index in [0.717, 1.165) is 22.4 Å². The molecule has 0 aliphatic heterocycles. The second-order valence-electron chi connectivity index (χ2n) is 6.05. The first-order chi connectivity index (χ1) is 12.6. The van der Waals surface area contributed by atoms with Crippen molar-refractivity contribution < 1.29 is 4.79 Å². The summed E-state index contributed by atoms with van der Waals surface area (Å²) in [6.07, 6.45) is 0. The van der Waals surface area contributed by atoms with Crippen LogP contribution in [-0.4, -0.2) is 11.6 Å². The third-order valence-corrected chi connectivity index (χ3v) is 4.19. The van der Waals surface area contributed by atoms with Gasteiger partial charge in [-0.1, -0.05) is 72.8 Å². The number of anilines is 1. The first kappa shape index (κ1) is 17.4. The number of hydrogen-bond donors (Lipinski definition) is 2. The predicted molar refractivity (Wildman–Crippen MR) is 106 cm³/mol. The molecule has 4 nitrogen and oxygen atoms in total. The quantitative estimate of drug-likeness (QED) is 0.418. The van der Waals surface area contributed by atoms with Gasteiger partial charge in [-0.15, -0.1) is 0 Å². The lowest BCUT2D eigenvalue weighted by Crippen LogP contribution is -2.27. The number of nitrogens with two attached hydrogens (primary N) is 1. The zero-order chi connectivity index (χ0) is 18.4. The molecule has 1 amide bonds. The number of nitrogens with one attached hydrogen (secondary N) is 1. The van der Waals surface area contributed by atoms with Gasteiger partial charge in [-0.05, 0) is 35.7 Å². The van der Waals surface area contributed by atoms with Crippen LogP contribution < -0.4 is 11.2 Å². The van der Waals surface area contributed by atoms with Crippen molar-refractivity contribution in [3.63, 3.8) is 0 Å². The predicted octanol–water partition coefficient (Wildman–Crippen LogP) is 3.94. The van der Waals surface area contributed by atoms with Crippen LogP contribution in [0.3, 0.4) is 0 Å². The fraction of sp³-hybridized carbons (Fsp3) is 0.0909. The normalized spacial score (nSPS) is 11.4. The standard InChI is InChI=1S/C22H21N3O/c1-16(17-12-14-20(23)15-13-17)24-25-22(26)21(18-8-4-2-5-9-18)19-10-6-3-7-11-19/h2-15,21H,23H2,1H3,(H,25,26)/b24-16+. The van der Waals surface area contributed by atoms with Gasteiger partial charge in [0.1, 0.15) is 0 Å². The molecular weight excluding hydrogens is 322 g/mol. The van der Waals surface area contributed by atoms with Crippen molar-refractivity contribution in [3.05, 3.63) is 102 Å². The maximum atomic E-state index is 12.9. The van der Waals surface area contributed by atoms with Crippen LogP contribution in [0, 0.1) is 0 Å². The smallest absolute Gasteiger partial charge is 0.252 e. The highest BCUT2D eigenvalue weighted by atomic mass is 16.2. The van der Waals surface area contributed by atoms with Crippen LogP contribution >= 0.6 is 0 Å². The Hall–Kier alpha value is -3.40. The molecule has 3 rings (SSSR count). The Balaban J connectivity index is 1.84. The summed E-state index contributed by atoms with van der Waals surface area (Å²) in [6, 6.07) is 26.8. The van der Waals surface area contributed by atoms with Crippen molar-refractivity contribution in [2.75, 3.05) is 5.73 Å². The lowest BCUT2D eigenvalue weighted by Gasteiger charge is -2.16. The Bertz CT molecular complexity index is 848. The Morgan fingerprint density at radius 3 is 1.85 bits per heavy atom. The molecule has 130 valence electrons. The third-order valence-electron chi connectivity index (χ3n) is 4.19. The highest BCUT2D eigenvalue weighted by Gasteiger charge is 2.22. The number of hydrogen-bond acceptors (Lipinski definition) is 3. The molecule has 0 heterocycles. The molecule has 0 aromatic heterocycles. The van der Waals surface area contributed by atoms with Crippen LogP contribution in [0.2, 0.25) is 0 Å². The Kier molecular flexibility index (Phi) is 5.44. The van der Waals surface area contributed by atoms with Crippen LogP contribution in [0.5, 0.6) is 0 Å². The van der Waals surface area contributed by atoms with Crippen molar-refractivity contribution in [2.45, 2.75) is 12.8 Å². The molecule has 0 aliphatic carbocycles. The molecule has 0 bridgehead atoms. The first-order valence-electron chi connectivity index (χ1n) is 8.45. The van der Waals surface area contributed by atoms with E-state index in [1.54, 1.807) is 0 Å². The maximum Gasteiger partial charge on any atom is 0.252 e. The average Bonchev–Trinajstić information content (AvgIpc) is 2.68. The molecule has 0 fully saturated rings. The van der Waals surface area contributed by atoms with Crippen LogP contribution in [0.15, 0.2) is 90.0 Å². The highest BCUT2D eigenvalue weighted by Crippen LogP contribution is 2.24. The summed E-state index contributed by atoms with van der Waals surface area (Å²) in [7, 11) is 0. The van der Waals surface area contributed by atoms with E-state index in [2.05, 4.69) is 10.5 Å². The van der Waals surface area contributed by atoms with E-state index in [1.165, 1.54) is 0 Å². The Labute approximate surface area is 153 Å². The third kappa shape index (κ3) is 4.16. The minimum atomic E-state index is -0.416. The Morgan fingerprint density at radius 2 is 1.35 bits per heavy atom. The minimum Gasteiger partial charge on any atom is -0.399 e. The molecule has 0 saturated carbocycles. The molecule has 0 saturated heterocycles. The number of amides is 1. The van der Waals surface area contributed by atoms with Crippen LogP contribution in [0.25, 0.3) is 0 Å². The molecule has 3 N–H and O–H groups in total. The number of carbonyl (C=O) groups excluding carboxylic acids is 1. The van der Waals surface area contributed by atoms with Gasteiger partial charge in [0.2, 0.25) is 0 Å². The van der Waals surface area contributed by atoms with E-state index in [-0.39, 0.29) is 5.91 Å². The van der Waals surface area contributed by atoms with E-state index >= 15 is 0 Å². The zero-order valence-electron chi connectivity index (χ0n) is 14.6. The molecule has 0 spiro atoms. The van der Waals surface area contributed by atoms with E-state index in [1.807, 2.05) is 91.9 Å².